The summed E-state index contributed by atoms with van der Waals surface area (Å²) < 4.78 is 61.3. The minimum atomic E-state index is -4.60. The van der Waals surface area contributed by atoms with Gasteiger partial charge in [-0.1, -0.05) is 6.07 Å². The second kappa shape index (κ2) is 11.1. The van der Waals surface area contributed by atoms with E-state index in [-0.39, 0.29) is 16.0 Å². The van der Waals surface area contributed by atoms with Gasteiger partial charge in [0, 0.05) is 17.7 Å². The molecular weight excluding hydrogens is 503 g/mol. The number of hydrogen-bond donors (Lipinski definition) is 5. The van der Waals surface area contributed by atoms with E-state index in [0.717, 1.165) is 12.1 Å². The van der Waals surface area contributed by atoms with Gasteiger partial charge in [-0.2, -0.15) is 13.2 Å². The zero-order valence-electron chi connectivity index (χ0n) is 18.8. The zero-order valence-corrected chi connectivity index (χ0v) is 19.6. The molecule has 2 aromatic rings. The van der Waals surface area contributed by atoms with Gasteiger partial charge in [0.15, 0.2) is 0 Å². The average Bonchev–Trinajstić information content (AvgIpc) is 2.83. The molecule has 2 aromatic carbocycles. The lowest BCUT2D eigenvalue weighted by Gasteiger charge is -2.33. The van der Waals surface area contributed by atoms with Crippen molar-refractivity contribution in [2.24, 2.45) is 5.14 Å². The first-order chi connectivity index (χ1) is 16.8. The molecular formula is C22H24F3N5O5S. The van der Waals surface area contributed by atoms with Crippen LogP contribution in [0.1, 0.15) is 32.7 Å². The summed E-state index contributed by atoms with van der Waals surface area (Å²) in [6, 6.07) is 7.85. The first-order valence-corrected chi connectivity index (χ1v) is 12.3. The van der Waals surface area contributed by atoms with Gasteiger partial charge in [0.2, 0.25) is 15.9 Å². The van der Waals surface area contributed by atoms with Crippen molar-refractivity contribution in [2.75, 3.05) is 19.6 Å². The molecule has 0 bridgehead atoms. The maximum absolute atomic E-state index is 12.8. The van der Waals surface area contributed by atoms with Gasteiger partial charge in [-0.3, -0.25) is 14.4 Å². The molecule has 36 heavy (non-hydrogen) atoms. The Morgan fingerprint density at radius 3 is 2.31 bits per heavy atom. The van der Waals surface area contributed by atoms with Crippen molar-refractivity contribution in [3.05, 3.63) is 65.2 Å². The van der Waals surface area contributed by atoms with E-state index >= 15 is 0 Å². The Hall–Kier alpha value is -3.49. The Labute approximate surface area is 204 Å². The highest BCUT2D eigenvalue weighted by Gasteiger charge is 2.31. The lowest BCUT2D eigenvalue weighted by atomic mass is 10.00. The van der Waals surface area contributed by atoms with Crippen molar-refractivity contribution in [3.8, 4) is 0 Å². The predicted octanol–water partition coefficient (Wildman–Crippen LogP) is 0.359. The molecule has 0 aromatic heterocycles. The van der Waals surface area contributed by atoms with Crippen LogP contribution in [-0.4, -0.2) is 57.9 Å². The van der Waals surface area contributed by atoms with Crippen molar-refractivity contribution in [2.45, 2.75) is 29.6 Å². The number of benzene rings is 2. The number of nitrogens with one attached hydrogen (secondary N) is 4. The summed E-state index contributed by atoms with van der Waals surface area (Å²) in [7, 11) is -3.90. The van der Waals surface area contributed by atoms with Gasteiger partial charge in [-0.25, -0.2) is 13.6 Å². The molecule has 3 rings (SSSR count). The summed E-state index contributed by atoms with van der Waals surface area (Å²) in [6.45, 7) is 0.411. The molecule has 1 fully saturated rings. The first kappa shape index (κ1) is 27.1. The third kappa shape index (κ3) is 7.26. The van der Waals surface area contributed by atoms with Crippen LogP contribution in [0.15, 0.2) is 53.4 Å². The fourth-order valence-electron chi connectivity index (χ4n) is 3.59. The van der Waals surface area contributed by atoms with E-state index in [1.54, 1.807) is 0 Å². The molecule has 1 aliphatic rings. The van der Waals surface area contributed by atoms with Crippen molar-refractivity contribution in [1.82, 2.24) is 21.3 Å². The molecule has 0 aliphatic carbocycles. The molecule has 0 spiro atoms. The molecule has 2 atom stereocenters. The first-order valence-electron chi connectivity index (χ1n) is 10.7. The molecule has 3 amide bonds. The lowest BCUT2D eigenvalue weighted by Crippen LogP contribution is -2.60. The van der Waals surface area contributed by atoms with Crippen LogP contribution in [0.4, 0.5) is 13.2 Å². The summed E-state index contributed by atoms with van der Waals surface area (Å²) >= 11 is 0. The summed E-state index contributed by atoms with van der Waals surface area (Å²) in [6.07, 6.45) is -4.14. The predicted molar refractivity (Wildman–Crippen MR) is 122 cm³/mol. The molecule has 0 radical (unpaired) electrons. The number of rotatable bonds is 7. The average molecular weight is 528 g/mol. The van der Waals surface area contributed by atoms with Crippen LogP contribution in [0, 0.1) is 0 Å². The van der Waals surface area contributed by atoms with Crippen LogP contribution in [0.25, 0.3) is 0 Å². The molecule has 1 saturated heterocycles. The van der Waals surface area contributed by atoms with E-state index in [1.165, 1.54) is 30.3 Å². The number of carbonyl (C=O) groups excluding carboxylic acids is 3. The number of halogens is 3. The number of primary sulfonamides is 1. The van der Waals surface area contributed by atoms with E-state index in [2.05, 4.69) is 21.3 Å². The molecule has 6 N–H and O–H groups in total. The lowest BCUT2D eigenvalue weighted by molar-refractivity contribution is -0.137. The highest BCUT2D eigenvalue weighted by atomic mass is 32.2. The van der Waals surface area contributed by atoms with E-state index < -0.39 is 58.1 Å². The van der Waals surface area contributed by atoms with E-state index in [9.17, 15) is 36.0 Å². The number of alkyl halides is 3. The van der Waals surface area contributed by atoms with Gasteiger partial charge >= 0.3 is 6.18 Å². The molecule has 194 valence electrons. The number of piperidine rings is 1. The molecule has 0 saturated carbocycles. The standard InChI is InChI=1S/C22H24F3N5O5S/c23-22(24,25)15-3-1-2-14(10-15)20(32)28-12-19(31)29-17-8-9-27-11-18(17)30-21(33)13-4-6-16(7-5-13)36(26,34)35/h1-7,10,17-18,27H,8-9,11-12H2,(H,28,32)(H,29,31)(H,30,33)(H2,26,34,35)/t17-,18+/m0/s1. The van der Waals surface area contributed by atoms with Crippen LogP contribution < -0.4 is 26.4 Å². The maximum atomic E-state index is 12.8. The van der Waals surface area contributed by atoms with Gasteiger partial charge < -0.3 is 21.3 Å². The summed E-state index contributed by atoms with van der Waals surface area (Å²) in [5.74, 6) is -1.92. The minimum Gasteiger partial charge on any atom is -0.350 e. The Bertz CT molecular complexity index is 1240. The number of nitrogens with two attached hydrogens (primary N) is 1. The second-order valence-electron chi connectivity index (χ2n) is 8.08. The monoisotopic (exact) mass is 527 g/mol. The largest absolute Gasteiger partial charge is 0.416 e. The third-order valence-electron chi connectivity index (χ3n) is 5.45. The molecule has 1 heterocycles. The molecule has 1 aliphatic heterocycles. The second-order valence-corrected chi connectivity index (χ2v) is 9.64. The van der Waals surface area contributed by atoms with Gasteiger partial charge in [-0.15, -0.1) is 0 Å². The Kier molecular flexibility index (Phi) is 8.32. The Morgan fingerprint density at radius 1 is 0.972 bits per heavy atom. The van der Waals surface area contributed by atoms with Crippen LogP contribution >= 0.6 is 0 Å². The fraction of sp³-hybridized carbons (Fsp3) is 0.318. The topological polar surface area (TPSA) is 159 Å². The maximum Gasteiger partial charge on any atom is 0.416 e. The van der Waals surface area contributed by atoms with Crippen molar-refractivity contribution >= 4 is 27.7 Å². The van der Waals surface area contributed by atoms with Gasteiger partial charge in [-0.05, 0) is 55.4 Å². The van der Waals surface area contributed by atoms with Crippen molar-refractivity contribution in [3.63, 3.8) is 0 Å². The highest BCUT2D eigenvalue weighted by molar-refractivity contribution is 7.89. The Morgan fingerprint density at radius 2 is 1.67 bits per heavy atom. The molecule has 14 heteroatoms. The normalized spacial score (nSPS) is 18.2. The number of sulfonamides is 1. The Balaban J connectivity index is 1.56. The number of hydrogen-bond acceptors (Lipinski definition) is 6. The quantitative estimate of drug-likeness (QED) is 0.350. The van der Waals surface area contributed by atoms with Crippen molar-refractivity contribution < 1.29 is 36.0 Å². The minimum absolute atomic E-state index is 0.143. The van der Waals surface area contributed by atoms with E-state index in [0.29, 0.717) is 25.6 Å². The van der Waals surface area contributed by atoms with Crippen LogP contribution in [0.2, 0.25) is 0 Å². The fourth-order valence-corrected chi connectivity index (χ4v) is 4.10. The zero-order chi connectivity index (χ0) is 26.5. The molecule has 10 nitrogen and oxygen atoms in total. The van der Waals surface area contributed by atoms with Crippen LogP contribution in [-0.2, 0) is 21.0 Å². The number of carbonyl (C=O) groups is 3. The van der Waals surface area contributed by atoms with Gasteiger partial charge in [0.1, 0.15) is 0 Å². The van der Waals surface area contributed by atoms with Crippen molar-refractivity contribution in [1.29, 1.82) is 0 Å². The van der Waals surface area contributed by atoms with E-state index in [1.807, 2.05) is 0 Å². The van der Waals surface area contributed by atoms with E-state index in [4.69, 9.17) is 5.14 Å². The molecule has 0 unspecified atom stereocenters. The summed E-state index contributed by atoms with van der Waals surface area (Å²) in [5.41, 5.74) is -1.03. The smallest absolute Gasteiger partial charge is 0.350 e. The SMILES string of the molecule is NS(=O)(=O)c1ccc(C(=O)N[C@@H]2CNCC[C@@H]2NC(=O)CNC(=O)c2cccc(C(F)(F)F)c2)cc1. The van der Waals surface area contributed by atoms with Gasteiger partial charge in [0.25, 0.3) is 11.8 Å². The van der Waals surface area contributed by atoms with Crippen LogP contribution in [0.3, 0.4) is 0 Å². The summed E-state index contributed by atoms with van der Waals surface area (Å²) in [4.78, 5) is 37.1. The highest BCUT2D eigenvalue weighted by Crippen LogP contribution is 2.29. The van der Waals surface area contributed by atoms with Gasteiger partial charge in [0.05, 0.1) is 29.1 Å². The van der Waals surface area contributed by atoms with Crippen LogP contribution in [0.5, 0.6) is 0 Å². The summed E-state index contributed by atoms with van der Waals surface area (Å²) in [5, 5.41) is 15.9. The number of amides is 3. The third-order valence-corrected chi connectivity index (χ3v) is 6.38.